The molecule has 1 aromatic heterocycles. The minimum atomic E-state index is -0.797. The Balaban J connectivity index is 1.61. The normalized spacial score (nSPS) is 10.9. The number of carbonyl (C=O) groups is 1. The van der Waals surface area contributed by atoms with Crippen molar-refractivity contribution in [2.45, 2.75) is 19.3 Å². The molecule has 0 aliphatic carbocycles. The highest BCUT2D eigenvalue weighted by Crippen LogP contribution is 2.33. The van der Waals surface area contributed by atoms with Crippen LogP contribution in [0.15, 0.2) is 72.9 Å². The minimum Gasteiger partial charge on any atom is -0.493 e. The quantitative estimate of drug-likeness (QED) is 0.453. The Hall–Kier alpha value is -3.60. The highest BCUT2D eigenvalue weighted by Gasteiger charge is 2.11. The minimum absolute atomic E-state index is 0.106. The Bertz CT molecular complexity index is 1120. The van der Waals surface area contributed by atoms with Crippen LogP contribution in [-0.2, 0) is 17.6 Å². The summed E-state index contributed by atoms with van der Waals surface area (Å²) in [6.07, 6.45) is 3.21. The second kappa shape index (κ2) is 8.61. The average Bonchev–Trinajstić information content (AvgIpc) is 3.21. The van der Waals surface area contributed by atoms with E-state index in [1.807, 2.05) is 48.5 Å². The maximum atomic E-state index is 11.0. The van der Waals surface area contributed by atoms with Gasteiger partial charge in [0, 0.05) is 23.8 Å². The van der Waals surface area contributed by atoms with Gasteiger partial charge in [0.25, 0.3) is 0 Å². The summed E-state index contributed by atoms with van der Waals surface area (Å²) in [4.78, 5) is 11.0. The molecular formula is C24H22N2O3. The van der Waals surface area contributed by atoms with Gasteiger partial charge in [-0.25, -0.2) is 0 Å². The molecule has 0 spiro atoms. The van der Waals surface area contributed by atoms with Gasteiger partial charge in [-0.1, -0.05) is 42.5 Å². The molecule has 5 heteroatoms. The number of ether oxygens (including phenoxy) is 1. The van der Waals surface area contributed by atoms with Crippen LogP contribution in [0.25, 0.3) is 22.0 Å². The van der Waals surface area contributed by atoms with Crippen molar-refractivity contribution < 1.29 is 14.6 Å². The summed E-state index contributed by atoms with van der Waals surface area (Å²) in [6.45, 7) is 0.569. The zero-order valence-corrected chi connectivity index (χ0v) is 16.0. The van der Waals surface area contributed by atoms with Gasteiger partial charge in [0.05, 0.1) is 18.3 Å². The number of benzene rings is 3. The van der Waals surface area contributed by atoms with Gasteiger partial charge in [-0.15, -0.1) is 0 Å². The van der Waals surface area contributed by atoms with E-state index in [1.54, 1.807) is 6.20 Å². The number of aromatic amines is 1. The van der Waals surface area contributed by atoms with Gasteiger partial charge in [0.15, 0.2) is 0 Å². The van der Waals surface area contributed by atoms with E-state index in [9.17, 15) is 4.79 Å². The highest BCUT2D eigenvalue weighted by molar-refractivity contribution is 5.85. The summed E-state index contributed by atoms with van der Waals surface area (Å²) in [5.41, 5.74) is 5.16. The lowest BCUT2D eigenvalue weighted by Crippen LogP contribution is -2.03. The van der Waals surface area contributed by atoms with E-state index in [1.165, 1.54) is 5.56 Å². The van der Waals surface area contributed by atoms with Crippen molar-refractivity contribution in [2.75, 3.05) is 6.61 Å². The number of fused-ring (bicyclic) bond motifs is 1. The molecule has 0 atom stereocenters. The van der Waals surface area contributed by atoms with Crippen LogP contribution in [0.4, 0.5) is 0 Å². The largest absolute Gasteiger partial charge is 0.493 e. The fourth-order valence-corrected chi connectivity index (χ4v) is 3.37. The van der Waals surface area contributed by atoms with E-state index in [0.29, 0.717) is 13.0 Å². The number of hydrogen-bond donors (Lipinski definition) is 2. The Morgan fingerprint density at radius 2 is 1.83 bits per heavy atom. The number of nitrogens with one attached hydrogen (secondary N) is 1. The molecule has 0 aliphatic heterocycles. The Kier molecular flexibility index (Phi) is 5.56. The standard InChI is InChI=1S/C24H22N2O3/c27-24(28)11-7-18-6-10-23(29-13-12-17-4-2-1-3-5-17)21(14-18)19-8-9-22-20(15-19)16-25-26-22/h1-6,8-10,14-16H,7,11-13H2,(H,25,26)(H,27,28). The monoisotopic (exact) mass is 386 g/mol. The highest BCUT2D eigenvalue weighted by atomic mass is 16.5. The maximum Gasteiger partial charge on any atom is 0.303 e. The van der Waals surface area contributed by atoms with E-state index in [4.69, 9.17) is 9.84 Å². The number of aromatic nitrogens is 2. The summed E-state index contributed by atoms with van der Waals surface area (Å²) in [5, 5.41) is 17.1. The molecule has 0 bridgehead atoms. The molecule has 0 unspecified atom stereocenters. The second-order valence-electron chi connectivity index (χ2n) is 6.98. The molecule has 5 nitrogen and oxygen atoms in total. The molecule has 146 valence electrons. The average molecular weight is 386 g/mol. The Labute approximate surface area is 169 Å². The van der Waals surface area contributed by atoms with Gasteiger partial charge in [0.1, 0.15) is 5.75 Å². The van der Waals surface area contributed by atoms with Crippen molar-refractivity contribution in [3.05, 3.63) is 84.1 Å². The lowest BCUT2D eigenvalue weighted by Gasteiger charge is -2.14. The number of rotatable bonds is 8. The SMILES string of the molecule is O=C(O)CCc1ccc(OCCc2ccccc2)c(-c2ccc3[nH]ncc3c2)c1. The third kappa shape index (κ3) is 4.63. The number of aliphatic carboxylic acids is 1. The third-order valence-corrected chi connectivity index (χ3v) is 4.91. The maximum absolute atomic E-state index is 11.0. The molecule has 0 aliphatic rings. The first-order valence-corrected chi connectivity index (χ1v) is 9.64. The predicted octanol–water partition coefficient (Wildman–Crippen LogP) is 4.87. The molecule has 2 N–H and O–H groups in total. The van der Waals surface area contributed by atoms with E-state index in [-0.39, 0.29) is 6.42 Å². The van der Waals surface area contributed by atoms with E-state index in [0.717, 1.165) is 39.8 Å². The zero-order chi connectivity index (χ0) is 20.1. The molecule has 0 radical (unpaired) electrons. The number of carboxylic acids is 1. The molecule has 0 saturated heterocycles. The van der Waals surface area contributed by atoms with Crippen LogP contribution in [-0.4, -0.2) is 27.9 Å². The molecule has 29 heavy (non-hydrogen) atoms. The lowest BCUT2D eigenvalue weighted by molar-refractivity contribution is -0.136. The molecular weight excluding hydrogens is 364 g/mol. The van der Waals surface area contributed by atoms with Crippen LogP contribution in [0.3, 0.4) is 0 Å². The fourth-order valence-electron chi connectivity index (χ4n) is 3.37. The Morgan fingerprint density at radius 3 is 2.66 bits per heavy atom. The van der Waals surface area contributed by atoms with Gasteiger partial charge in [0.2, 0.25) is 0 Å². The molecule has 3 aromatic carbocycles. The lowest BCUT2D eigenvalue weighted by atomic mass is 9.99. The van der Waals surface area contributed by atoms with Gasteiger partial charge in [-0.2, -0.15) is 5.10 Å². The third-order valence-electron chi connectivity index (χ3n) is 4.91. The van der Waals surface area contributed by atoms with Crippen LogP contribution < -0.4 is 4.74 Å². The number of aryl methyl sites for hydroxylation is 1. The van der Waals surface area contributed by atoms with E-state index in [2.05, 4.69) is 28.4 Å². The van der Waals surface area contributed by atoms with Crippen molar-refractivity contribution in [3.63, 3.8) is 0 Å². The predicted molar refractivity (Wildman–Crippen MR) is 113 cm³/mol. The molecule has 0 saturated carbocycles. The van der Waals surface area contributed by atoms with Crippen LogP contribution in [0.2, 0.25) is 0 Å². The van der Waals surface area contributed by atoms with Crippen molar-refractivity contribution in [2.24, 2.45) is 0 Å². The van der Waals surface area contributed by atoms with Crippen molar-refractivity contribution in [1.82, 2.24) is 10.2 Å². The molecule has 0 fully saturated rings. The molecule has 4 aromatic rings. The summed E-state index contributed by atoms with van der Waals surface area (Å²) in [7, 11) is 0. The summed E-state index contributed by atoms with van der Waals surface area (Å²) in [5.74, 6) is -0.00240. The number of H-pyrrole nitrogens is 1. The first-order valence-electron chi connectivity index (χ1n) is 9.64. The first kappa shape index (κ1) is 18.7. The van der Waals surface area contributed by atoms with Crippen molar-refractivity contribution >= 4 is 16.9 Å². The zero-order valence-electron chi connectivity index (χ0n) is 16.0. The number of carboxylic acid groups (broad SMARTS) is 1. The van der Waals surface area contributed by atoms with Crippen LogP contribution in [0.5, 0.6) is 5.75 Å². The first-order chi connectivity index (χ1) is 14.2. The van der Waals surface area contributed by atoms with Crippen molar-refractivity contribution in [1.29, 1.82) is 0 Å². The Morgan fingerprint density at radius 1 is 0.966 bits per heavy atom. The molecule has 4 rings (SSSR count). The smallest absolute Gasteiger partial charge is 0.303 e. The van der Waals surface area contributed by atoms with Gasteiger partial charge in [-0.3, -0.25) is 9.89 Å². The topological polar surface area (TPSA) is 75.2 Å². The summed E-state index contributed by atoms with van der Waals surface area (Å²) in [6, 6.07) is 22.2. The van der Waals surface area contributed by atoms with Crippen LogP contribution >= 0.6 is 0 Å². The summed E-state index contributed by atoms with van der Waals surface area (Å²) >= 11 is 0. The van der Waals surface area contributed by atoms with Gasteiger partial charge >= 0.3 is 5.97 Å². The van der Waals surface area contributed by atoms with E-state index >= 15 is 0 Å². The molecule has 1 heterocycles. The second-order valence-corrected chi connectivity index (χ2v) is 6.98. The molecule has 0 amide bonds. The van der Waals surface area contributed by atoms with Gasteiger partial charge in [-0.05, 0) is 47.4 Å². The fraction of sp³-hybridized carbons (Fsp3) is 0.167. The van der Waals surface area contributed by atoms with Crippen LogP contribution in [0.1, 0.15) is 17.5 Å². The van der Waals surface area contributed by atoms with E-state index < -0.39 is 5.97 Å². The summed E-state index contributed by atoms with van der Waals surface area (Å²) < 4.78 is 6.13. The number of nitrogens with zero attached hydrogens (tertiary/aromatic N) is 1. The van der Waals surface area contributed by atoms with Crippen molar-refractivity contribution in [3.8, 4) is 16.9 Å². The van der Waals surface area contributed by atoms with Crippen LogP contribution in [0, 0.1) is 0 Å². The number of hydrogen-bond acceptors (Lipinski definition) is 3. The van der Waals surface area contributed by atoms with Gasteiger partial charge < -0.3 is 9.84 Å².